The Labute approximate surface area is 248 Å². The van der Waals surface area contributed by atoms with Crippen LogP contribution in [0.2, 0.25) is 0 Å². The number of benzene rings is 2. The third-order valence-electron chi connectivity index (χ3n) is 7.52. The van der Waals surface area contributed by atoms with E-state index in [1.807, 2.05) is 0 Å². The first-order valence-electron chi connectivity index (χ1n) is 13.4. The highest BCUT2D eigenvalue weighted by molar-refractivity contribution is 5.88. The van der Waals surface area contributed by atoms with Gasteiger partial charge >= 0.3 is 0 Å². The molecule has 0 radical (unpaired) electrons. The Kier molecular flexibility index (Phi) is 8.90. The van der Waals surface area contributed by atoms with Crippen LogP contribution in [-0.2, 0) is 14.2 Å². The fraction of sp³-hybridized carbons (Fsp3) is 0.464. The van der Waals surface area contributed by atoms with E-state index in [0.717, 1.165) is 18.2 Å². The maximum Gasteiger partial charge on any atom is 0.239 e. The summed E-state index contributed by atoms with van der Waals surface area (Å²) in [5, 5.41) is 92.1. The van der Waals surface area contributed by atoms with Crippen LogP contribution in [0.15, 0.2) is 39.5 Å². The first-order chi connectivity index (χ1) is 20.8. The van der Waals surface area contributed by atoms with E-state index in [2.05, 4.69) is 0 Å². The van der Waals surface area contributed by atoms with Gasteiger partial charge in [-0.2, -0.15) is 0 Å². The van der Waals surface area contributed by atoms with Gasteiger partial charge in [0, 0.05) is 17.7 Å². The molecular formula is C28H32O16. The molecule has 240 valence electrons. The van der Waals surface area contributed by atoms with Crippen molar-refractivity contribution in [3.05, 3.63) is 40.6 Å². The van der Waals surface area contributed by atoms with Gasteiger partial charge in [-0.1, -0.05) is 0 Å². The van der Waals surface area contributed by atoms with E-state index in [9.17, 15) is 50.8 Å². The third kappa shape index (κ3) is 5.74. The summed E-state index contributed by atoms with van der Waals surface area (Å²) in [6.45, 7) is 0.841. The Morgan fingerprint density at radius 2 is 1.45 bits per heavy atom. The molecular weight excluding hydrogens is 592 g/mol. The molecule has 16 heteroatoms. The zero-order valence-corrected chi connectivity index (χ0v) is 23.3. The molecule has 0 saturated carbocycles. The van der Waals surface area contributed by atoms with Crippen LogP contribution in [0.5, 0.6) is 28.7 Å². The summed E-state index contributed by atoms with van der Waals surface area (Å²) in [6, 6.07) is 5.90. The molecule has 3 aromatic rings. The van der Waals surface area contributed by atoms with E-state index in [0.29, 0.717) is 0 Å². The van der Waals surface area contributed by atoms with Crippen molar-refractivity contribution in [2.45, 2.75) is 68.3 Å². The van der Waals surface area contributed by atoms with Gasteiger partial charge in [0.1, 0.15) is 65.2 Å². The number of fused-ring (bicyclic) bond motifs is 1. The molecule has 0 unspecified atom stereocenters. The highest BCUT2D eigenvalue weighted by atomic mass is 16.7. The monoisotopic (exact) mass is 624 g/mol. The second-order valence-electron chi connectivity index (χ2n) is 10.5. The lowest BCUT2D eigenvalue weighted by Crippen LogP contribution is -2.61. The smallest absolute Gasteiger partial charge is 0.239 e. The fourth-order valence-corrected chi connectivity index (χ4v) is 4.95. The summed E-state index contributed by atoms with van der Waals surface area (Å²) in [4.78, 5) is 13.7. The van der Waals surface area contributed by atoms with Crippen molar-refractivity contribution < 1.29 is 74.1 Å². The van der Waals surface area contributed by atoms with Crippen molar-refractivity contribution in [3.63, 3.8) is 0 Å². The number of hydrogen-bond acceptors (Lipinski definition) is 16. The van der Waals surface area contributed by atoms with Gasteiger partial charge in [-0.3, -0.25) is 4.79 Å². The number of hydrogen-bond donors (Lipinski definition) is 9. The van der Waals surface area contributed by atoms with Crippen molar-refractivity contribution in [2.24, 2.45) is 0 Å². The fourth-order valence-electron chi connectivity index (χ4n) is 4.95. The highest BCUT2D eigenvalue weighted by Gasteiger charge is 2.47. The number of phenolic OH excluding ortho intramolecular Hbond substituents is 3. The first kappa shape index (κ1) is 31.7. The van der Waals surface area contributed by atoms with Crippen LogP contribution >= 0.6 is 0 Å². The average Bonchev–Trinajstić information content (AvgIpc) is 3.00. The molecule has 0 spiro atoms. The zero-order valence-electron chi connectivity index (χ0n) is 23.3. The van der Waals surface area contributed by atoms with Crippen molar-refractivity contribution in [2.75, 3.05) is 13.7 Å². The maximum absolute atomic E-state index is 13.7. The van der Waals surface area contributed by atoms with Crippen LogP contribution < -0.4 is 14.9 Å². The van der Waals surface area contributed by atoms with Crippen LogP contribution in [0, 0.1) is 0 Å². The van der Waals surface area contributed by atoms with E-state index < -0.39 is 96.4 Å². The highest BCUT2D eigenvalue weighted by Crippen LogP contribution is 2.39. The predicted molar refractivity (Wildman–Crippen MR) is 145 cm³/mol. The largest absolute Gasteiger partial charge is 0.507 e. The molecule has 3 heterocycles. The molecule has 1 aromatic heterocycles. The molecule has 9 N–H and O–H groups in total. The minimum absolute atomic E-state index is 0.0145. The lowest BCUT2D eigenvalue weighted by Gasteiger charge is -2.42. The van der Waals surface area contributed by atoms with Crippen molar-refractivity contribution in [1.29, 1.82) is 0 Å². The summed E-state index contributed by atoms with van der Waals surface area (Å²) in [5.41, 5.74) is -1.10. The lowest BCUT2D eigenvalue weighted by atomic mass is 9.98. The zero-order chi connectivity index (χ0) is 32.0. The van der Waals surface area contributed by atoms with Gasteiger partial charge in [0.2, 0.25) is 17.5 Å². The van der Waals surface area contributed by atoms with E-state index >= 15 is 0 Å². The maximum atomic E-state index is 13.7. The van der Waals surface area contributed by atoms with Crippen LogP contribution in [0.1, 0.15) is 6.92 Å². The van der Waals surface area contributed by atoms with E-state index in [-0.39, 0.29) is 28.0 Å². The van der Waals surface area contributed by atoms with Crippen LogP contribution in [0.4, 0.5) is 0 Å². The molecule has 0 amide bonds. The normalized spacial score (nSPS) is 32.5. The van der Waals surface area contributed by atoms with E-state index in [1.54, 1.807) is 0 Å². The second kappa shape index (κ2) is 12.4. The number of aromatic hydroxyl groups is 3. The second-order valence-corrected chi connectivity index (χ2v) is 10.5. The van der Waals surface area contributed by atoms with Crippen LogP contribution in [-0.4, -0.2) is 121 Å². The molecule has 2 fully saturated rings. The minimum Gasteiger partial charge on any atom is -0.507 e. The first-order valence-corrected chi connectivity index (χ1v) is 13.4. The molecule has 10 atom stereocenters. The van der Waals surface area contributed by atoms with Gasteiger partial charge in [0.05, 0.1) is 19.8 Å². The Hall–Kier alpha value is -3.71. The van der Waals surface area contributed by atoms with Gasteiger partial charge in [0.25, 0.3) is 0 Å². The van der Waals surface area contributed by atoms with Crippen molar-refractivity contribution in [3.8, 4) is 40.1 Å². The molecule has 5 rings (SSSR count). The molecule has 16 nitrogen and oxygen atoms in total. The number of aliphatic hydroxyl groups excluding tert-OH is 6. The van der Waals surface area contributed by atoms with E-state index in [4.69, 9.17) is 28.1 Å². The number of rotatable bonds is 7. The predicted octanol–water partition coefficient (Wildman–Crippen LogP) is -1.38. The summed E-state index contributed by atoms with van der Waals surface area (Å²) in [6.07, 6.45) is -16.0. The Morgan fingerprint density at radius 1 is 0.773 bits per heavy atom. The van der Waals surface area contributed by atoms with Crippen molar-refractivity contribution in [1.82, 2.24) is 0 Å². The molecule has 0 bridgehead atoms. The minimum atomic E-state index is -1.95. The lowest BCUT2D eigenvalue weighted by molar-refractivity contribution is -0.318. The number of ether oxygens (including phenoxy) is 5. The Balaban J connectivity index is 1.49. The van der Waals surface area contributed by atoms with Gasteiger partial charge < -0.3 is 74.1 Å². The Bertz CT molecular complexity index is 1560. The average molecular weight is 625 g/mol. The summed E-state index contributed by atoms with van der Waals surface area (Å²) in [5.74, 6) is -2.44. The van der Waals surface area contributed by atoms with Crippen molar-refractivity contribution >= 4 is 11.0 Å². The number of phenols is 3. The van der Waals surface area contributed by atoms with Gasteiger partial charge in [-0.15, -0.1) is 0 Å². The number of methoxy groups -OCH3 is 1. The molecule has 2 aliphatic rings. The SMILES string of the molecule is COc1cc(O)c2c(=O)c(O[C@@H]3O[C@@H](CO[C@@H]4O[C@@H](C)[C@H](O)[C@H](O)[C@H]4O)[C@H](O)[C@H](O)[C@@H]3O)c(-c3ccc(O)c(O)c3)oc2c1. The van der Waals surface area contributed by atoms with Gasteiger partial charge in [-0.05, 0) is 25.1 Å². The molecule has 2 aromatic carbocycles. The summed E-state index contributed by atoms with van der Waals surface area (Å²) in [7, 11) is 1.32. The van der Waals surface area contributed by atoms with Crippen LogP contribution in [0.25, 0.3) is 22.3 Å². The number of aliphatic hydroxyl groups is 6. The summed E-state index contributed by atoms with van der Waals surface area (Å²) >= 11 is 0. The Morgan fingerprint density at radius 3 is 2.14 bits per heavy atom. The quantitative estimate of drug-likeness (QED) is 0.137. The molecule has 2 saturated heterocycles. The van der Waals surface area contributed by atoms with Gasteiger partial charge in [-0.25, -0.2) is 0 Å². The topological polar surface area (TPSA) is 258 Å². The molecule has 2 aliphatic heterocycles. The van der Waals surface area contributed by atoms with E-state index in [1.165, 1.54) is 26.2 Å². The van der Waals surface area contributed by atoms with Crippen LogP contribution in [0.3, 0.4) is 0 Å². The third-order valence-corrected chi connectivity index (χ3v) is 7.52. The standard InChI is InChI=1S/C28H32O16/c1-9-18(32)21(35)23(37)27(41-9)40-8-16-19(33)22(36)24(38)28(43-16)44-26-20(34)17-14(31)6-11(39-2)7-15(17)42-25(26)10-3-4-12(29)13(30)5-10/h3-7,9,16,18-19,21-24,27-33,35-38H,8H2,1-2H3/t9-,16-,18-,19-,21-,22-,23+,24-,27+,28-/m0/s1. The molecule has 44 heavy (non-hydrogen) atoms. The summed E-state index contributed by atoms with van der Waals surface area (Å²) < 4.78 is 33.2. The van der Waals surface area contributed by atoms with Gasteiger partial charge in [0.15, 0.2) is 23.5 Å². The molecule has 0 aliphatic carbocycles.